The molecule has 0 spiro atoms. The average molecular weight is 435 g/mol. The fourth-order valence-corrected chi connectivity index (χ4v) is 6.32. The van der Waals surface area contributed by atoms with Crippen LogP contribution in [0, 0.1) is 12.8 Å². The van der Waals surface area contributed by atoms with Crippen LogP contribution < -0.4 is 11.1 Å². The predicted octanol–water partition coefficient (Wildman–Crippen LogP) is 3.47. The second-order valence-electron chi connectivity index (χ2n) is 7.70. The van der Waals surface area contributed by atoms with E-state index in [0.717, 1.165) is 35.3 Å². The molecule has 0 aliphatic heterocycles. The Labute approximate surface area is 175 Å². The highest BCUT2D eigenvalue weighted by molar-refractivity contribution is 7.91. The highest BCUT2D eigenvalue weighted by atomic mass is 32.2. The van der Waals surface area contributed by atoms with Crippen LogP contribution in [-0.2, 0) is 27.5 Å². The predicted molar refractivity (Wildman–Crippen MR) is 115 cm³/mol. The molecule has 0 radical (unpaired) electrons. The van der Waals surface area contributed by atoms with Gasteiger partial charge in [-0.15, -0.1) is 11.3 Å². The van der Waals surface area contributed by atoms with Crippen LogP contribution in [0.25, 0.3) is 0 Å². The second-order valence-corrected chi connectivity index (χ2v) is 10.9. The van der Waals surface area contributed by atoms with Crippen molar-refractivity contribution in [3.05, 3.63) is 45.8 Å². The van der Waals surface area contributed by atoms with E-state index in [2.05, 4.69) is 12.2 Å². The van der Waals surface area contributed by atoms with Crippen LogP contribution >= 0.6 is 11.3 Å². The molecule has 8 heteroatoms. The monoisotopic (exact) mass is 434 g/mol. The van der Waals surface area contributed by atoms with E-state index < -0.39 is 15.7 Å². The number of aryl methyl sites for hydroxylation is 1. The highest BCUT2D eigenvalue weighted by Crippen LogP contribution is 2.39. The lowest BCUT2D eigenvalue weighted by Crippen LogP contribution is -2.19. The Morgan fingerprint density at radius 3 is 2.59 bits per heavy atom. The number of sulfone groups is 1. The van der Waals surface area contributed by atoms with Crippen molar-refractivity contribution in [1.29, 1.82) is 0 Å². The first-order valence-corrected chi connectivity index (χ1v) is 12.2. The number of primary amides is 1. The number of nitrogens with one attached hydrogen (secondary N) is 1. The lowest BCUT2D eigenvalue weighted by Gasteiger charge is -2.18. The van der Waals surface area contributed by atoms with E-state index in [0.29, 0.717) is 16.5 Å². The summed E-state index contributed by atoms with van der Waals surface area (Å²) in [6.45, 7) is 4.06. The van der Waals surface area contributed by atoms with Gasteiger partial charge in [-0.1, -0.05) is 24.6 Å². The van der Waals surface area contributed by atoms with Crippen LogP contribution in [0.2, 0.25) is 0 Å². The highest BCUT2D eigenvalue weighted by Gasteiger charge is 2.27. The number of amides is 2. The lowest BCUT2D eigenvalue weighted by molar-refractivity contribution is -0.116. The summed E-state index contributed by atoms with van der Waals surface area (Å²) >= 11 is 1.41. The van der Waals surface area contributed by atoms with Crippen molar-refractivity contribution >= 4 is 38.0 Å². The number of anilines is 1. The number of fused-ring (bicyclic) bond motifs is 1. The van der Waals surface area contributed by atoms with Crippen LogP contribution in [0.5, 0.6) is 0 Å². The molecule has 6 nitrogen and oxygen atoms in total. The molecule has 29 heavy (non-hydrogen) atoms. The van der Waals surface area contributed by atoms with Crippen molar-refractivity contribution in [2.24, 2.45) is 11.7 Å². The van der Waals surface area contributed by atoms with Gasteiger partial charge in [0.1, 0.15) is 5.00 Å². The molecule has 1 aliphatic carbocycles. The van der Waals surface area contributed by atoms with Gasteiger partial charge in [0.15, 0.2) is 9.84 Å². The maximum absolute atomic E-state index is 12.4. The van der Waals surface area contributed by atoms with Gasteiger partial charge in [0, 0.05) is 11.3 Å². The third kappa shape index (κ3) is 5.05. The first kappa shape index (κ1) is 21.5. The average Bonchev–Trinajstić information content (AvgIpc) is 2.98. The number of hydrogen-bond donors (Lipinski definition) is 2. The van der Waals surface area contributed by atoms with E-state index >= 15 is 0 Å². The maximum Gasteiger partial charge on any atom is 0.251 e. The molecule has 1 heterocycles. The van der Waals surface area contributed by atoms with Crippen LogP contribution in [0.15, 0.2) is 29.2 Å². The Balaban J connectivity index is 1.63. The first-order valence-electron chi connectivity index (χ1n) is 9.71. The summed E-state index contributed by atoms with van der Waals surface area (Å²) in [5.41, 5.74) is 7.92. The van der Waals surface area contributed by atoms with Crippen molar-refractivity contribution in [2.45, 2.75) is 50.8 Å². The van der Waals surface area contributed by atoms with Gasteiger partial charge in [-0.25, -0.2) is 8.42 Å². The molecule has 1 aromatic carbocycles. The SMILES string of the molecule is Cc1ccc(S(=O)(=O)CCCC(=O)Nc2sc3c(c2C(N)=O)CCC(C)C3)cc1. The van der Waals surface area contributed by atoms with Crippen LogP contribution in [0.4, 0.5) is 5.00 Å². The number of carbonyl (C=O) groups excluding carboxylic acids is 2. The van der Waals surface area contributed by atoms with Crippen molar-refractivity contribution in [3.63, 3.8) is 0 Å². The Kier molecular flexibility index (Phi) is 6.43. The fourth-order valence-electron chi connectivity index (χ4n) is 3.57. The minimum absolute atomic E-state index is 0.0578. The first-order chi connectivity index (χ1) is 13.7. The third-order valence-electron chi connectivity index (χ3n) is 5.21. The van der Waals surface area contributed by atoms with E-state index in [1.807, 2.05) is 6.92 Å². The largest absolute Gasteiger partial charge is 0.365 e. The number of rotatable bonds is 7. The fraction of sp³-hybridized carbons (Fsp3) is 0.429. The zero-order valence-electron chi connectivity index (χ0n) is 16.7. The van der Waals surface area contributed by atoms with E-state index in [1.54, 1.807) is 24.3 Å². The van der Waals surface area contributed by atoms with Crippen molar-refractivity contribution < 1.29 is 18.0 Å². The van der Waals surface area contributed by atoms with Crippen LogP contribution in [0.3, 0.4) is 0 Å². The van der Waals surface area contributed by atoms with Gasteiger partial charge in [-0.05, 0) is 56.2 Å². The van der Waals surface area contributed by atoms with Gasteiger partial charge in [0.25, 0.3) is 5.91 Å². The molecule has 2 aromatic rings. The van der Waals surface area contributed by atoms with E-state index in [4.69, 9.17) is 5.73 Å². The molecule has 1 aliphatic rings. The third-order valence-corrected chi connectivity index (χ3v) is 8.19. The molecule has 0 bridgehead atoms. The van der Waals surface area contributed by atoms with Gasteiger partial charge in [-0.2, -0.15) is 0 Å². The zero-order chi connectivity index (χ0) is 21.2. The summed E-state index contributed by atoms with van der Waals surface area (Å²) in [5, 5.41) is 3.27. The van der Waals surface area contributed by atoms with E-state index in [9.17, 15) is 18.0 Å². The Morgan fingerprint density at radius 2 is 1.93 bits per heavy atom. The van der Waals surface area contributed by atoms with E-state index in [1.165, 1.54) is 11.3 Å². The molecule has 3 N–H and O–H groups in total. The topological polar surface area (TPSA) is 106 Å². The minimum Gasteiger partial charge on any atom is -0.365 e. The number of nitrogens with two attached hydrogens (primary N) is 1. The minimum atomic E-state index is -3.43. The summed E-state index contributed by atoms with van der Waals surface area (Å²) in [6.07, 6.45) is 2.92. The Hall–Kier alpha value is -2.19. The molecule has 1 aromatic heterocycles. The smallest absolute Gasteiger partial charge is 0.251 e. The summed E-state index contributed by atoms with van der Waals surface area (Å²) < 4.78 is 24.8. The number of benzene rings is 1. The Bertz CT molecular complexity index is 1020. The molecule has 1 atom stereocenters. The number of thiophene rings is 1. The summed E-state index contributed by atoms with van der Waals surface area (Å²) in [6, 6.07) is 6.68. The van der Waals surface area contributed by atoms with Gasteiger partial charge >= 0.3 is 0 Å². The number of hydrogen-bond acceptors (Lipinski definition) is 5. The van der Waals surface area contributed by atoms with Crippen molar-refractivity contribution in [3.8, 4) is 0 Å². The van der Waals surface area contributed by atoms with Gasteiger partial charge in [0.05, 0.1) is 16.2 Å². The van der Waals surface area contributed by atoms with Crippen LogP contribution in [0.1, 0.15) is 52.5 Å². The summed E-state index contributed by atoms with van der Waals surface area (Å²) in [4.78, 5) is 25.7. The van der Waals surface area contributed by atoms with Gasteiger partial charge < -0.3 is 11.1 Å². The molecule has 0 fully saturated rings. The molecule has 0 saturated heterocycles. The van der Waals surface area contributed by atoms with Crippen molar-refractivity contribution in [2.75, 3.05) is 11.1 Å². The maximum atomic E-state index is 12.4. The molecule has 2 amide bonds. The summed E-state index contributed by atoms with van der Waals surface area (Å²) in [7, 11) is -3.43. The van der Waals surface area contributed by atoms with Crippen molar-refractivity contribution in [1.82, 2.24) is 0 Å². The van der Waals surface area contributed by atoms with Gasteiger partial charge in [0.2, 0.25) is 5.91 Å². The molecular formula is C21H26N2O4S2. The van der Waals surface area contributed by atoms with Gasteiger partial charge in [-0.3, -0.25) is 9.59 Å². The molecule has 3 rings (SSSR count). The molecule has 156 valence electrons. The Morgan fingerprint density at radius 1 is 1.24 bits per heavy atom. The molecular weight excluding hydrogens is 408 g/mol. The standard InChI is InChI=1S/C21H26N2O4S2/c1-13-5-8-15(9-6-13)29(26,27)11-3-4-18(24)23-21-19(20(22)25)16-10-7-14(2)12-17(16)28-21/h5-6,8-9,14H,3-4,7,10-12H2,1-2H3,(H2,22,25)(H,23,24). The van der Waals surface area contributed by atoms with E-state index in [-0.39, 0.29) is 29.4 Å². The summed E-state index contributed by atoms with van der Waals surface area (Å²) in [5.74, 6) is -0.407. The number of carbonyl (C=O) groups is 2. The molecule has 0 saturated carbocycles. The zero-order valence-corrected chi connectivity index (χ0v) is 18.3. The quantitative estimate of drug-likeness (QED) is 0.696. The second kappa shape index (κ2) is 8.67. The normalized spacial score (nSPS) is 16.3. The van der Waals surface area contributed by atoms with Crippen LogP contribution in [-0.4, -0.2) is 26.0 Å². The lowest BCUT2D eigenvalue weighted by atomic mass is 9.88. The molecule has 1 unspecified atom stereocenters.